The van der Waals surface area contributed by atoms with Crippen LogP contribution in [0, 0.1) is 20.8 Å². The van der Waals surface area contributed by atoms with E-state index in [1.54, 1.807) is 19.1 Å². The summed E-state index contributed by atoms with van der Waals surface area (Å²) in [4.78, 5) is 20.0. The first-order valence-electron chi connectivity index (χ1n) is 9.15. The van der Waals surface area contributed by atoms with E-state index >= 15 is 0 Å². The second-order valence-electron chi connectivity index (χ2n) is 6.73. The second-order valence-corrected chi connectivity index (χ2v) is 8.42. The lowest BCUT2D eigenvalue weighted by Crippen LogP contribution is -2.20. The Morgan fingerprint density at radius 1 is 1.00 bits per heavy atom. The van der Waals surface area contributed by atoms with Crippen LogP contribution in [0.5, 0.6) is 5.75 Å². The summed E-state index contributed by atoms with van der Waals surface area (Å²) in [6, 6.07) is 13.0. The standard InChI is InChI=1S/C21H22N4O4S/c1-14-4-7-18(12-15(14)2)29-13-20(26)24-17-5-8-19(9-6-17)30(27,28)25-21-22-11-10-16(3)23-21/h4-12H,13H2,1-3H3,(H,24,26)(H,22,23,25). The van der Waals surface area contributed by atoms with Gasteiger partial charge in [-0.1, -0.05) is 6.07 Å². The molecule has 1 amide bonds. The number of carbonyl (C=O) groups excluding carboxylic acids is 1. The first-order valence-corrected chi connectivity index (χ1v) is 10.6. The van der Waals surface area contributed by atoms with Crippen LogP contribution in [0.4, 0.5) is 11.6 Å². The fourth-order valence-corrected chi connectivity index (χ4v) is 3.50. The minimum Gasteiger partial charge on any atom is -0.484 e. The highest BCUT2D eigenvalue weighted by Crippen LogP contribution is 2.18. The number of benzene rings is 2. The van der Waals surface area contributed by atoms with Gasteiger partial charge >= 0.3 is 0 Å². The molecule has 3 rings (SSSR count). The summed E-state index contributed by atoms with van der Waals surface area (Å²) in [5.74, 6) is 0.255. The van der Waals surface area contributed by atoms with E-state index < -0.39 is 10.0 Å². The Labute approximate surface area is 175 Å². The lowest BCUT2D eigenvalue weighted by molar-refractivity contribution is -0.118. The first kappa shape index (κ1) is 21.3. The van der Waals surface area contributed by atoms with E-state index in [9.17, 15) is 13.2 Å². The minimum atomic E-state index is -3.84. The smallest absolute Gasteiger partial charge is 0.264 e. The summed E-state index contributed by atoms with van der Waals surface area (Å²) in [5, 5.41) is 2.67. The number of hydrogen-bond acceptors (Lipinski definition) is 6. The van der Waals surface area contributed by atoms with E-state index in [4.69, 9.17) is 4.74 Å². The van der Waals surface area contributed by atoms with Crippen molar-refractivity contribution in [3.63, 3.8) is 0 Å². The molecule has 0 saturated heterocycles. The van der Waals surface area contributed by atoms with Gasteiger partial charge in [0.05, 0.1) is 4.90 Å². The molecular weight excluding hydrogens is 404 g/mol. The number of aryl methyl sites for hydroxylation is 3. The number of sulfonamides is 1. The summed E-state index contributed by atoms with van der Waals surface area (Å²) in [7, 11) is -3.84. The molecule has 30 heavy (non-hydrogen) atoms. The number of rotatable bonds is 7. The third-order valence-electron chi connectivity index (χ3n) is 4.32. The van der Waals surface area contributed by atoms with E-state index in [2.05, 4.69) is 20.0 Å². The van der Waals surface area contributed by atoms with E-state index in [1.807, 2.05) is 26.0 Å². The molecule has 0 aliphatic heterocycles. The summed E-state index contributed by atoms with van der Waals surface area (Å²) in [5.41, 5.74) is 3.32. The molecule has 156 valence electrons. The maximum Gasteiger partial charge on any atom is 0.264 e. The number of amides is 1. The quantitative estimate of drug-likeness (QED) is 0.600. The lowest BCUT2D eigenvalue weighted by Gasteiger charge is -2.10. The minimum absolute atomic E-state index is 0.00382. The predicted octanol–water partition coefficient (Wildman–Crippen LogP) is 3.22. The van der Waals surface area contributed by atoms with Gasteiger partial charge in [0.2, 0.25) is 5.95 Å². The van der Waals surface area contributed by atoms with E-state index in [0.717, 1.165) is 11.1 Å². The van der Waals surface area contributed by atoms with Gasteiger partial charge in [-0.2, -0.15) is 0 Å². The van der Waals surface area contributed by atoms with Gasteiger partial charge < -0.3 is 10.1 Å². The van der Waals surface area contributed by atoms with Crippen LogP contribution >= 0.6 is 0 Å². The fourth-order valence-electron chi connectivity index (χ4n) is 2.54. The molecule has 0 fully saturated rings. The zero-order valence-corrected chi connectivity index (χ0v) is 17.7. The Morgan fingerprint density at radius 2 is 1.73 bits per heavy atom. The Morgan fingerprint density at radius 3 is 2.40 bits per heavy atom. The molecule has 9 heteroatoms. The molecule has 1 aromatic heterocycles. The van der Waals surface area contributed by atoms with Gasteiger partial charge in [-0.15, -0.1) is 0 Å². The summed E-state index contributed by atoms with van der Waals surface area (Å²) < 4.78 is 32.7. The zero-order chi connectivity index (χ0) is 21.7. The van der Waals surface area contributed by atoms with Gasteiger partial charge in [-0.25, -0.2) is 23.1 Å². The van der Waals surface area contributed by atoms with Crippen LogP contribution in [-0.2, 0) is 14.8 Å². The second kappa shape index (κ2) is 8.91. The van der Waals surface area contributed by atoms with Gasteiger partial charge in [0.25, 0.3) is 15.9 Å². The van der Waals surface area contributed by atoms with Crippen molar-refractivity contribution < 1.29 is 17.9 Å². The maximum atomic E-state index is 12.5. The monoisotopic (exact) mass is 426 g/mol. The molecule has 0 aliphatic carbocycles. The highest BCUT2D eigenvalue weighted by atomic mass is 32.2. The number of nitrogens with one attached hydrogen (secondary N) is 2. The summed E-state index contributed by atoms with van der Waals surface area (Å²) in [6.07, 6.45) is 1.47. The van der Waals surface area contributed by atoms with Crippen LogP contribution in [-0.4, -0.2) is 30.9 Å². The molecule has 0 bridgehead atoms. The van der Waals surface area contributed by atoms with Crippen LogP contribution in [0.1, 0.15) is 16.8 Å². The highest BCUT2D eigenvalue weighted by Gasteiger charge is 2.16. The number of hydrogen-bond donors (Lipinski definition) is 2. The Hall–Kier alpha value is -3.46. The van der Waals surface area contributed by atoms with Crippen molar-refractivity contribution in [2.24, 2.45) is 0 Å². The largest absolute Gasteiger partial charge is 0.484 e. The van der Waals surface area contributed by atoms with Gasteiger partial charge in [-0.05, 0) is 74.4 Å². The molecule has 0 radical (unpaired) electrons. The molecular formula is C21H22N4O4S. The molecule has 0 atom stereocenters. The molecule has 0 spiro atoms. The van der Waals surface area contributed by atoms with Gasteiger partial charge in [0, 0.05) is 17.6 Å². The van der Waals surface area contributed by atoms with E-state index in [1.165, 1.54) is 30.5 Å². The summed E-state index contributed by atoms with van der Waals surface area (Å²) in [6.45, 7) is 5.55. The van der Waals surface area contributed by atoms with Gasteiger partial charge in [0.15, 0.2) is 6.61 Å². The van der Waals surface area contributed by atoms with Crippen LogP contribution in [0.15, 0.2) is 59.6 Å². The van der Waals surface area contributed by atoms with Crippen LogP contribution < -0.4 is 14.8 Å². The molecule has 2 N–H and O–H groups in total. The van der Waals surface area contributed by atoms with Gasteiger partial charge in [-0.3, -0.25) is 4.79 Å². The molecule has 2 aromatic carbocycles. The Balaban J connectivity index is 1.59. The Kier molecular flexibility index (Phi) is 6.31. The average molecular weight is 426 g/mol. The normalized spacial score (nSPS) is 11.0. The molecule has 0 saturated carbocycles. The predicted molar refractivity (Wildman–Crippen MR) is 114 cm³/mol. The number of anilines is 2. The third kappa shape index (κ3) is 5.54. The van der Waals surface area contributed by atoms with Crippen molar-refractivity contribution >= 4 is 27.6 Å². The molecule has 0 unspecified atom stereocenters. The topological polar surface area (TPSA) is 110 Å². The Bertz CT molecular complexity index is 1160. The SMILES string of the molecule is Cc1ccnc(NS(=O)(=O)c2ccc(NC(=O)COc3ccc(C)c(C)c3)cc2)n1. The maximum absolute atomic E-state index is 12.5. The third-order valence-corrected chi connectivity index (χ3v) is 5.66. The first-order chi connectivity index (χ1) is 14.2. The van der Waals surface area contributed by atoms with Crippen molar-refractivity contribution in [1.29, 1.82) is 0 Å². The molecule has 1 heterocycles. The van der Waals surface area contributed by atoms with Crippen LogP contribution in [0.25, 0.3) is 0 Å². The van der Waals surface area contributed by atoms with E-state index in [-0.39, 0.29) is 23.4 Å². The zero-order valence-electron chi connectivity index (χ0n) is 16.8. The van der Waals surface area contributed by atoms with Crippen molar-refractivity contribution in [1.82, 2.24) is 9.97 Å². The van der Waals surface area contributed by atoms with Crippen LogP contribution in [0.2, 0.25) is 0 Å². The molecule has 8 nitrogen and oxygen atoms in total. The molecule has 3 aromatic rings. The number of nitrogens with zero attached hydrogens (tertiary/aromatic N) is 2. The van der Waals surface area contributed by atoms with Crippen molar-refractivity contribution in [2.75, 3.05) is 16.6 Å². The van der Waals surface area contributed by atoms with Crippen LogP contribution in [0.3, 0.4) is 0 Å². The van der Waals surface area contributed by atoms with Gasteiger partial charge in [0.1, 0.15) is 5.75 Å². The number of carbonyl (C=O) groups is 1. The van der Waals surface area contributed by atoms with E-state index in [0.29, 0.717) is 17.1 Å². The lowest BCUT2D eigenvalue weighted by atomic mass is 10.1. The number of aromatic nitrogens is 2. The van der Waals surface area contributed by atoms with Crippen molar-refractivity contribution in [2.45, 2.75) is 25.7 Å². The number of ether oxygens (including phenoxy) is 1. The highest BCUT2D eigenvalue weighted by molar-refractivity contribution is 7.92. The molecule has 0 aliphatic rings. The van der Waals surface area contributed by atoms with Crippen molar-refractivity contribution in [3.8, 4) is 5.75 Å². The average Bonchev–Trinajstić information content (AvgIpc) is 2.69. The van der Waals surface area contributed by atoms with Crippen molar-refractivity contribution in [3.05, 3.63) is 71.5 Å². The summed E-state index contributed by atoms with van der Waals surface area (Å²) >= 11 is 0. The fraction of sp³-hybridized carbons (Fsp3) is 0.190.